The van der Waals surface area contributed by atoms with Crippen LogP contribution in [0.15, 0.2) is 48.5 Å². The number of aromatic hydroxyl groups is 1. The lowest BCUT2D eigenvalue weighted by molar-refractivity contribution is -0.131. The highest BCUT2D eigenvalue weighted by atomic mass is 16.3. The number of hydrogen-bond acceptors (Lipinski definition) is 2. The zero-order valence-electron chi connectivity index (χ0n) is 18.1. The van der Waals surface area contributed by atoms with E-state index < -0.39 is 0 Å². The van der Waals surface area contributed by atoms with Gasteiger partial charge in [-0.15, -0.1) is 0 Å². The predicted octanol–water partition coefficient (Wildman–Crippen LogP) is 6.32. The maximum absolute atomic E-state index is 12.9. The third-order valence-electron chi connectivity index (χ3n) is 8.38. The molecule has 3 aliphatic carbocycles. The van der Waals surface area contributed by atoms with E-state index in [0.29, 0.717) is 29.3 Å². The molecule has 0 aromatic heterocycles. The van der Waals surface area contributed by atoms with Crippen molar-refractivity contribution < 1.29 is 9.90 Å². The first-order valence-electron chi connectivity index (χ1n) is 11.6. The van der Waals surface area contributed by atoms with Crippen molar-refractivity contribution in [2.24, 2.45) is 23.2 Å². The fraction of sp³-hybridized carbons (Fsp3) is 0.464. The molecule has 156 valence electrons. The molecule has 30 heavy (non-hydrogen) atoms. The predicted molar refractivity (Wildman–Crippen MR) is 121 cm³/mol. The molecule has 2 fully saturated rings. The van der Waals surface area contributed by atoms with Crippen LogP contribution in [0.4, 0.5) is 0 Å². The molecule has 1 N–H and O–H groups in total. The van der Waals surface area contributed by atoms with Crippen molar-refractivity contribution in [3.05, 3.63) is 70.8 Å². The highest BCUT2D eigenvalue weighted by Gasteiger charge is 2.56. The number of fused-ring (bicyclic) bond motifs is 5. The Morgan fingerprint density at radius 1 is 1.17 bits per heavy atom. The Kier molecular flexibility index (Phi) is 4.84. The average molecular weight is 401 g/mol. The molecule has 2 saturated carbocycles. The van der Waals surface area contributed by atoms with E-state index in [2.05, 4.69) is 44.2 Å². The Balaban J connectivity index is 1.41. The Morgan fingerprint density at radius 3 is 2.77 bits per heavy atom. The summed E-state index contributed by atoms with van der Waals surface area (Å²) in [5.41, 5.74) is 4.87. The Hall–Kier alpha value is -2.35. The highest BCUT2D eigenvalue weighted by molar-refractivity contribution is 5.89. The molecule has 0 amide bonds. The molecule has 3 aliphatic rings. The normalized spacial score (nSPS) is 32.7. The summed E-state index contributed by atoms with van der Waals surface area (Å²) in [5, 5.41) is 10.6. The summed E-state index contributed by atoms with van der Waals surface area (Å²) < 4.78 is 0. The van der Waals surface area contributed by atoms with Gasteiger partial charge in [0.15, 0.2) is 0 Å². The van der Waals surface area contributed by atoms with Crippen LogP contribution in [-0.2, 0) is 17.6 Å². The molecule has 5 rings (SSSR count). The number of ketones is 1. The number of benzene rings is 2. The molecule has 2 nitrogen and oxygen atoms in total. The molecule has 2 aromatic rings. The highest BCUT2D eigenvalue weighted by Crippen LogP contribution is 2.60. The molecule has 0 saturated heterocycles. The second kappa shape index (κ2) is 7.41. The fourth-order valence-electron chi connectivity index (χ4n) is 6.82. The van der Waals surface area contributed by atoms with E-state index in [0.717, 1.165) is 44.1 Å². The van der Waals surface area contributed by atoms with Crippen molar-refractivity contribution in [3.8, 4) is 5.75 Å². The largest absolute Gasteiger partial charge is 0.508 e. The van der Waals surface area contributed by atoms with Crippen LogP contribution in [0, 0.1) is 23.2 Å². The van der Waals surface area contributed by atoms with E-state index in [9.17, 15) is 9.90 Å². The fourth-order valence-corrected chi connectivity index (χ4v) is 6.82. The van der Waals surface area contributed by atoms with Gasteiger partial charge in [0.1, 0.15) is 11.5 Å². The first-order valence-corrected chi connectivity index (χ1v) is 11.6. The minimum atomic E-state index is -0.101. The molecule has 0 aliphatic heterocycles. The lowest BCUT2D eigenvalue weighted by Gasteiger charge is -2.48. The first kappa shape index (κ1) is 19.6. The van der Waals surface area contributed by atoms with Crippen LogP contribution in [0.3, 0.4) is 0 Å². The van der Waals surface area contributed by atoms with Gasteiger partial charge >= 0.3 is 0 Å². The van der Waals surface area contributed by atoms with Crippen molar-refractivity contribution >= 4 is 11.9 Å². The van der Waals surface area contributed by atoms with Crippen molar-refractivity contribution in [2.45, 2.75) is 58.3 Å². The first-order chi connectivity index (χ1) is 14.5. The molecule has 0 bridgehead atoms. The number of phenols is 1. The summed E-state index contributed by atoms with van der Waals surface area (Å²) in [6.07, 6.45) is 10.4. The SMILES string of the molecule is CC1C[C@H]2[C@@H]3CCc4cc(O)c(C/C=C/c5ccccc5)cc4[C@H]3CC[C@]2(C)C1=O. The van der Waals surface area contributed by atoms with Crippen LogP contribution in [-0.4, -0.2) is 10.9 Å². The minimum Gasteiger partial charge on any atom is -0.508 e. The zero-order chi connectivity index (χ0) is 20.9. The molecule has 2 aromatic carbocycles. The van der Waals surface area contributed by atoms with Crippen molar-refractivity contribution in [1.82, 2.24) is 0 Å². The summed E-state index contributed by atoms with van der Waals surface area (Å²) in [6, 6.07) is 14.6. The monoisotopic (exact) mass is 400 g/mol. The van der Waals surface area contributed by atoms with Gasteiger partial charge in [-0.25, -0.2) is 0 Å². The van der Waals surface area contributed by atoms with E-state index in [1.54, 1.807) is 0 Å². The maximum atomic E-state index is 12.9. The number of allylic oxidation sites excluding steroid dienone is 1. The van der Waals surface area contributed by atoms with E-state index in [1.165, 1.54) is 16.7 Å². The van der Waals surface area contributed by atoms with Gasteiger partial charge in [0.25, 0.3) is 0 Å². The average Bonchev–Trinajstić information content (AvgIpc) is 2.98. The van der Waals surface area contributed by atoms with Crippen LogP contribution in [0.25, 0.3) is 6.08 Å². The second-order valence-corrected chi connectivity index (χ2v) is 10.1. The van der Waals surface area contributed by atoms with Gasteiger partial charge in [-0.2, -0.15) is 0 Å². The van der Waals surface area contributed by atoms with Gasteiger partial charge in [-0.3, -0.25) is 4.79 Å². The van der Waals surface area contributed by atoms with Crippen molar-refractivity contribution in [3.63, 3.8) is 0 Å². The Labute approximate surface area is 180 Å². The van der Waals surface area contributed by atoms with Gasteiger partial charge in [-0.1, -0.05) is 62.4 Å². The third-order valence-corrected chi connectivity index (χ3v) is 8.38. The number of carbonyl (C=O) groups is 1. The van der Waals surface area contributed by atoms with Gasteiger partial charge < -0.3 is 5.11 Å². The molecule has 0 radical (unpaired) electrons. The number of rotatable bonds is 3. The lowest BCUT2D eigenvalue weighted by Crippen LogP contribution is -2.42. The molecular weight excluding hydrogens is 368 g/mol. The third kappa shape index (κ3) is 3.12. The summed E-state index contributed by atoms with van der Waals surface area (Å²) in [4.78, 5) is 12.9. The summed E-state index contributed by atoms with van der Waals surface area (Å²) in [5.74, 6) is 2.84. The standard InChI is InChI=1S/C28H32O2/c1-18-15-25-23-12-11-20-17-26(29)21(10-6-9-19-7-4-3-5-8-19)16-24(20)22(23)13-14-28(25,2)27(18)30/h3-9,16-18,22-23,25,29H,10-15H2,1-2H3/b9-6+/t18?,22-,23+,25-,28-/m0/s1. The maximum Gasteiger partial charge on any atom is 0.141 e. The van der Waals surface area contributed by atoms with E-state index in [-0.39, 0.29) is 11.3 Å². The molecule has 5 atom stereocenters. The quantitative estimate of drug-likeness (QED) is 0.654. The van der Waals surface area contributed by atoms with Crippen LogP contribution >= 0.6 is 0 Å². The smallest absolute Gasteiger partial charge is 0.141 e. The molecule has 0 spiro atoms. The zero-order valence-corrected chi connectivity index (χ0v) is 18.1. The summed E-state index contributed by atoms with van der Waals surface area (Å²) in [7, 11) is 0. The van der Waals surface area contributed by atoms with Gasteiger partial charge in [0.05, 0.1) is 0 Å². The van der Waals surface area contributed by atoms with Crippen molar-refractivity contribution in [1.29, 1.82) is 0 Å². The van der Waals surface area contributed by atoms with Crippen LogP contribution in [0.1, 0.15) is 67.7 Å². The Bertz CT molecular complexity index is 989. The van der Waals surface area contributed by atoms with Gasteiger partial charge in [0, 0.05) is 11.3 Å². The number of Topliss-reactive ketones (excluding diaryl/α,β-unsaturated/α-hetero) is 1. The lowest BCUT2D eigenvalue weighted by atomic mass is 9.55. The topological polar surface area (TPSA) is 37.3 Å². The summed E-state index contributed by atoms with van der Waals surface area (Å²) >= 11 is 0. The second-order valence-electron chi connectivity index (χ2n) is 10.1. The van der Waals surface area contributed by atoms with Crippen LogP contribution in [0.5, 0.6) is 5.75 Å². The number of aryl methyl sites for hydroxylation is 1. The van der Waals surface area contributed by atoms with Crippen LogP contribution in [0.2, 0.25) is 0 Å². The number of phenolic OH excluding ortho intramolecular Hbond substituents is 1. The molecule has 0 heterocycles. The number of hydrogen-bond donors (Lipinski definition) is 1. The van der Waals surface area contributed by atoms with Gasteiger partial charge in [0.2, 0.25) is 0 Å². The van der Waals surface area contributed by atoms with E-state index in [1.807, 2.05) is 24.3 Å². The van der Waals surface area contributed by atoms with E-state index in [4.69, 9.17) is 0 Å². The van der Waals surface area contributed by atoms with E-state index >= 15 is 0 Å². The molecule has 2 heteroatoms. The van der Waals surface area contributed by atoms with Crippen LogP contribution < -0.4 is 0 Å². The summed E-state index contributed by atoms with van der Waals surface area (Å²) in [6.45, 7) is 4.37. The molecule has 1 unspecified atom stereocenters. The minimum absolute atomic E-state index is 0.101. The molecular formula is C28H32O2. The Morgan fingerprint density at radius 2 is 1.97 bits per heavy atom. The van der Waals surface area contributed by atoms with Gasteiger partial charge in [-0.05, 0) is 84.6 Å². The number of carbonyl (C=O) groups excluding carboxylic acids is 1. The van der Waals surface area contributed by atoms with Crippen molar-refractivity contribution in [2.75, 3.05) is 0 Å².